The molecule has 2 aliphatic heterocycles. The van der Waals surface area contributed by atoms with Crippen LogP contribution in [0, 0.1) is 5.41 Å². The van der Waals surface area contributed by atoms with Gasteiger partial charge in [0.2, 0.25) is 0 Å². The number of fused-ring (bicyclic) bond motifs is 1. The number of carbonyl (C=O) groups excluding carboxylic acids is 1. The largest absolute Gasteiger partial charge is 0.481 e. The van der Waals surface area contributed by atoms with Crippen molar-refractivity contribution in [3.8, 4) is 0 Å². The van der Waals surface area contributed by atoms with Crippen molar-refractivity contribution in [2.45, 2.75) is 45.3 Å². The average Bonchev–Trinajstić information content (AvgIpc) is 2.71. The Hall–Kier alpha value is -1.26. The highest BCUT2D eigenvalue weighted by atomic mass is 16.6. The molecule has 1 N–H and O–H groups in total. The Morgan fingerprint density at radius 2 is 2.31 bits per heavy atom. The minimum Gasteiger partial charge on any atom is -0.481 e. The van der Waals surface area contributed by atoms with Crippen molar-refractivity contribution in [1.82, 2.24) is 4.90 Å². The molecular formula is C11H17NO4. The summed E-state index contributed by atoms with van der Waals surface area (Å²) in [6.45, 7) is 4.08. The van der Waals surface area contributed by atoms with Crippen molar-refractivity contribution in [2.75, 3.05) is 6.54 Å². The number of cyclic esters (lactones) is 1. The van der Waals surface area contributed by atoms with Crippen LogP contribution >= 0.6 is 0 Å². The maximum absolute atomic E-state index is 11.5. The van der Waals surface area contributed by atoms with Crippen molar-refractivity contribution in [3.05, 3.63) is 0 Å². The molecule has 0 unspecified atom stereocenters. The number of rotatable bonds is 3. The molecule has 0 spiro atoms. The molecule has 0 bridgehead atoms. The first-order chi connectivity index (χ1) is 7.42. The van der Waals surface area contributed by atoms with E-state index in [0.717, 1.165) is 19.4 Å². The van der Waals surface area contributed by atoms with Gasteiger partial charge in [-0.2, -0.15) is 0 Å². The number of carbonyl (C=O) groups is 2. The van der Waals surface area contributed by atoms with E-state index in [1.54, 1.807) is 18.7 Å². The Balaban J connectivity index is 2.06. The lowest BCUT2D eigenvalue weighted by Gasteiger charge is -2.24. The second kappa shape index (κ2) is 3.64. The molecule has 2 heterocycles. The highest BCUT2D eigenvalue weighted by molar-refractivity contribution is 5.74. The van der Waals surface area contributed by atoms with E-state index in [1.165, 1.54) is 0 Å². The zero-order valence-electron chi connectivity index (χ0n) is 9.60. The van der Waals surface area contributed by atoms with Gasteiger partial charge >= 0.3 is 12.1 Å². The zero-order chi connectivity index (χ0) is 11.9. The lowest BCUT2D eigenvalue weighted by Crippen LogP contribution is -2.35. The van der Waals surface area contributed by atoms with E-state index < -0.39 is 11.4 Å². The highest BCUT2D eigenvalue weighted by Gasteiger charge is 2.47. The lowest BCUT2D eigenvalue weighted by molar-refractivity contribution is -0.148. The summed E-state index contributed by atoms with van der Waals surface area (Å²) in [5.74, 6) is -0.847. The molecule has 0 aliphatic carbocycles. The summed E-state index contributed by atoms with van der Waals surface area (Å²) in [4.78, 5) is 24.2. The fourth-order valence-corrected chi connectivity index (χ4v) is 2.45. The van der Waals surface area contributed by atoms with Crippen LogP contribution < -0.4 is 0 Å². The van der Waals surface area contributed by atoms with Crippen LogP contribution in [0.5, 0.6) is 0 Å². The number of nitrogens with zero attached hydrogens (tertiary/aromatic N) is 1. The van der Waals surface area contributed by atoms with Gasteiger partial charge < -0.3 is 14.7 Å². The Kier molecular flexibility index (Phi) is 2.56. The van der Waals surface area contributed by atoms with E-state index in [2.05, 4.69) is 0 Å². The molecular weight excluding hydrogens is 210 g/mol. The van der Waals surface area contributed by atoms with Crippen LogP contribution in [0.25, 0.3) is 0 Å². The quantitative estimate of drug-likeness (QED) is 0.792. The van der Waals surface area contributed by atoms with Gasteiger partial charge in [0.15, 0.2) is 0 Å². The van der Waals surface area contributed by atoms with E-state index in [1.807, 2.05) is 0 Å². The third kappa shape index (κ3) is 1.74. The molecule has 2 rings (SSSR count). The molecule has 0 aromatic carbocycles. The van der Waals surface area contributed by atoms with Gasteiger partial charge in [0.1, 0.15) is 6.10 Å². The van der Waals surface area contributed by atoms with Crippen LogP contribution in [0.1, 0.15) is 33.1 Å². The van der Waals surface area contributed by atoms with Gasteiger partial charge in [-0.15, -0.1) is 0 Å². The second-order valence-electron chi connectivity index (χ2n) is 5.22. The number of aliphatic carboxylic acids is 1. The Labute approximate surface area is 94.4 Å². The third-order valence-corrected chi connectivity index (χ3v) is 3.51. The summed E-state index contributed by atoms with van der Waals surface area (Å²) in [6.07, 6.45) is 1.75. The fraction of sp³-hybridized carbons (Fsp3) is 0.818. The number of hydrogen-bond donors (Lipinski definition) is 1. The van der Waals surface area contributed by atoms with Crippen LogP contribution in [0.4, 0.5) is 4.79 Å². The monoisotopic (exact) mass is 227 g/mol. The second-order valence-corrected chi connectivity index (χ2v) is 5.22. The van der Waals surface area contributed by atoms with Gasteiger partial charge in [-0.25, -0.2) is 4.79 Å². The normalized spacial score (nSPS) is 29.1. The van der Waals surface area contributed by atoms with E-state index in [0.29, 0.717) is 6.42 Å². The standard InChI is InChI=1S/C11H17NO4/c1-11(2,9(13)14)6-8-7-4-3-5-12(7)10(15)16-8/h7-8H,3-6H2,1-2H3,(H,13,14)/t7-,8+/m0/s1. The Bertz CT molecular complexity index is 326. The summed E-state index contributed by atoms with van der Waals surface area (Å²) in [7, 11) is 0. The molecule has 0 aromatic heterocycles. The number of amides is 1. The molecule has 0 aromatic rings. The molecule has 2 atom stereocenters. The topological polar surface area (TPSA) is 66.8 Å². The van der Waals surface area contributed by atoms with Crippen LogP contribution in [-0.2, 0) is 9.53 Å². The molecule has 2 aliphatic rings. The van der Waals surface area contributed by atoms with Crippen LogP contribution in [0.15, 0.2) is 0 Å². The van der Waals surface area contributed by atoms with E-state index in [9.17, 15) is 9.59 Å². The van der Waals surface area contributed by atoms with Crippen molar-refractivity contribution >= 4 is 12.1 Å². The maximum Gasteiger partial charge on any atom is 0.410 e. The predicted molar refractivity (Wildman–Crippen MR) is 56.0 cm³/mol. The molecule has 16 heavy (non-hydrogen) atoms. The molecule has 5 heteroatoms. The van der Waals surface area contributed by atoms with Gasteiger partial charge in [-0.3, -0.25) is 4.79 Å². The highest BCUT2D eigenvalue weighted by Crippen LogP contribution is 2.35. The van der Waals surface area contributed by atoms with Gasteiger partial charge in [0.25, 0.3) is 0 Å². The molecule has 0 saturated carbocycles. The van der Waals surface area contributed by atoms with E-state index >= 15 is 0 Å². The molecule has 0 radical (unpaired) electrons. The SMILES string of the molecule is CC(C)(C[C@H]1OC(=O)N2CCC[C@@H]12)C(=O)O. The van der Waals surface area contributed by atoms with Gasteiger partial charge in [-0.1, -0.05) is 0 Å². The van der Waals surface area contributed by atoms with Crippen molar-refractivity contribution < 1.29 is 19.4 Å². The zero-order valence-corrected chi connectivity index (χ0v) is 9.60. The summed E-state index contributed by atoms with van der Waals surface area (Å²) < 4.78 is 5.24. The first-order valence-corrected chi connectivity index (χ1v) is 5.62. The summed E-state index contributed by atoms with van der Waals surface area (Å²) in [5, 5.41) is 9.05. The van der Waals surface area contributed by atoms with Crippen molar-refractivity contribution in [3.63, 3.8) is 0 Å². The summed E-state index contributed by atoms with van der Waals surface area (Å²) in [6, 6.07) is 0.0890. The van der Waals surface area contributed by atoms with Crippen molar-refractivity contribution in [1.29, 1.82) is 0 Å². The molecule has 5 nitrogen and oxygen atoms in total. The fourth-order valence-electron chi connectivity index (χ4n) is 2.45. The van der Waals surface area contributed by atoms with Crippen molar-refractivity contribution in [2.24, 2.45) is 5.41 Å². The Morgan fingerprint density at radius 3 is 2.94 bits per heavy atom. The van der Waals surface area contributed by atoms with Crippen LogP contribution in [-0.4, -0.2) is 40.8 Å². The predicted octanol–water partition coefficient (Wildman–Crippen LogP) is 1.47. The smallest absolute Gasteiger partial charge is 0.410 e. The number of ether oxygens (including phenoxy) is 1. The minimum atomic E-state index is -0.847. The maximum atomic E-state index is 11.5. The summed E-state index contributed by atoms with van der Waals surface area (Å²) >= 11 is 0. The number of hydrogen-bond acceptors (Lipinski definition) is 3. The number of carboxylic acids is 1. The first-order valence-electron chi connectivity index (χ1n) is 5.62. The van der Waals surface area contributed by atoms with E-state index in [-0.39, 0.29) is 18.2 Å². The Morgan fingerprint density at radius 1 is 1.62 bits per heavy atom. The van der Waals surface area contributed by atoms with Crippen LogP contribution in [0.2, 0.25) is 0 Å². The summed E-state index contributed by atoms with van der Waals surface area (Å²) in [5.41, 5.74) is -0.844. The lowest BCUT2D eigenvalue weighted by atomic mass is 9.84. The van der Waals surface area contributed by atoms with E-state index in [4.69, 9.17) is 9.84 Å². The van der Waals surface area contributed by atoms with Gasteiger partial charge in [0.05, 0.1) is 11.5 Å². The number of carboxylic acid groups (broad SMARTS) is 1. The average molecular weight is 227 g/mol. The van der Waals surface area contributed by atoms with Gasteiger partial charge in [0, 0.05) is 13.0 Å². The van der Waals surface area contributed by atoms with Crippen LogP contribution in [0.3, 0.4) is 0 Å². The molecule has 2 saturated heterocycles. The minimum absolute atomic E-state index is 0.0890. The first kappa shape index (κ1) is 11.2. The molecule has 1 amide bonds. The molecule has 90 valence electrons. The third-order valence-electron chi connectivity index (χ3n) is 3.51. The van der Waals surface area contributed by atoms with Gasteiger partial charge in [-0.05, 0) is 26.7 Å². The molecule has 2 fully saturated rings.